The van der Waals surface area contributed by atoms with Crippen LogP contribution in [-0.2, 0) is 16.0 Å². The first-order chi connectivity index (χ1) is 8.23. The molecule has 0 saturated carbocycles. The molecule has 0 aliphatic heterocycles. The molecule has 0 bridgehead atoms. The number of alkyl halides is 3. The summed E-state index contributed by atoms with van der Waals surface area (Å²) in [6.45, 7) is 1.27. The van der Waals surface area contributed by atoms with Gasteiger partial charge in [-0.25, -0.2) is 0 Å². The second kappa shape index (κ2) is 5.11. The van der Waals surface area contributed by atoms with Crippen molar-refractivity contribution in [1.82, 2.24) is 4.98 Å². The highest BCUT2D eigenvalue weighted by atomic mass is 19.4. The van der Waals surface area contributed by atoms with Gasteiger partial charge < -0.3 is 14.5 Å². The summed E-state index contributed by atoms with van der Waals surface area (Å²) in [6.07, 6.45) is -5.18. The van der Waals surface area contributed by atoms with Crippen LogP contribution in [0.2, 0.25) is 0 Å². The lowest BCUT2D eigenvalue weighted by Crippen LogP contribution is -2.24. The Kier molecular flexibility index (Phi) is 4.00. The number of carbonyl (C=O) groups is 1. The number of hydrogen-bond acceptors (Lipinski definition) is 4. The Balaban J connectivity index is 3.05. The number of halogens is 3. The summed E-state index contributed by atoms with van der Waals surface area (Å²) in [7, 11) is 1.16. The zero-order chi connectivity index (χ0) is 13.9. The molecule has 0 aliphatic rings. The number of rotatable bonds is 3. The van der Waals surface area contributed by atoms with Gasteiger partial charge in [0.1, 0.15) is 0 Å². The number of aromatic nitrogens is 1. The highest BCUT2D eigenvalue weighted by Crippen LogP contribution is 2.22. The van der Waals surface area contributed by atoms with Gasteiger partial charge in [0.05, 0.1) is 13.5 Å². The molecule has 0 aromatic carbocycles. The van der Waals surface area contributed by atoms with Gasteiger partial charge in [-0.05, 0) is 18.6 Å². The third-order valence-corrected chi connectivity index (χ3v) is 2.01. The topological polar surface area (TPSA) is 68.4 Å². The fourth-order valence-corrected chi connectivity index (χ4v) is 1.31. The van der Waals surface area contributed by atoms with Crippen molar-refractivity contribution < 1.29 is 27.4 Å². The Hall–Kier alpha value is -1.99. The van der Waals surface area contributed by atoms with Crippen molar-refractivity contribution in [2.45, 2.75) is 19.7 Å². The first-order valence-corrected chi connectivity index (χ1v) is 4.78. The quantitative estimate of drug-likeness (QED) is 0.836. The average molecular weight is 265 g/mol. The van der Waals surface area contributed by atoms with Gasteiger partial charge in [0.2, 0.25) is 0 Å². The number of methoxy groups -OCH3 is 1. The number of esters is 1. The van der Waals surface area contributed by atoms with Crippen LogP contribution in [0.15, 0.2) is 10.9 Å². The monoisotopic (exact) mass is 265 g/mol. The molecule has 1 heterocycles. The summed E-state index contributed by atoms with van der Waals surface area (Å²) in [5.41, 5.74) is -0.917. The van der Waals surface area contributed by atoms with E-state index in [4.69, 9.17) is 0 Å². The zero-order valence-corrected chi connectivity index (χ0v) is 9.55. The van der Waals surface area contributed by atoms with E-state index in [1.807, 2.05) is 0 Å². The maximum absolute atomic E-state index is 12.0. The number of aryl methyl sites for hydroxylation is 1. The molecule has 0 atom stereocenters. The van der Waals surface area contributed by atoms with Gasteiger partial charge in [-0.3, -0.25) is 9.59 Å². The molecule has 0 unspecified atom stereocenters. The molecule has 18 heavy (non-hydrogen) atoms. The first kappa shape index (κ1) is 14.1. The standard InChI is InChI=1S/C10H10F3NO4/c1-5-3-6(4-7(15)17-2)14-9(16)8(5)18-10(11,12)13/h3H,4H2,1-2H3,(H,14,16). The minimum Gasteiger partial charge on any atom is -0.469 e. The molecule has 0 radical (unpaired) electrons. The first-order valence-electron chi connectivity index (χ1n) is 4.78. The van der Waals surface area contributed by atoms with Crippen LogP contribution in [0.4, 0.5) is 13.2 Å². The highest BCUT2D eigenvalue weighted by Gasteiger charge is 2.33. The molecular weight excluding hydrogens is 255 g/mol. The summed E-state index contributed by atoms with van der Waals surface area (Å²) >= 11 is 0. The third-order valence-electron chi connectivity index (χ3n) is 2.01. The summed E-state index contributed by atoms with van der Waals surface area (Å²) in [5, 5.41) is 0. The molecule has 0 spiro atoms. The smallest absolute Gasteiger partial charge is 0.469 e. The van der Waals surface area contributed by atoms with Crippen molar-refractivity contribution in [3.8, 4) is 5.75 Å². The lowest BCUT2D eigenvalue weighted by Gasteiger charge is -2.11. The molecular formula is C10H10F3NO4. The molecule has 100 valence electrons. The Labute approximate surface area is 99.5 Å². The average Bonchev–Trinajstić information content (AvgIpc) is 2.22. The summed E-state index contributed by atoms with van der Waals surface area (Å²) in [5.74, 6) is -1.45. The number of nitrogens with one attached hydrogen (secondary N) is 1. The number of ether oxygens (including phenoxy) is 2. The lowest BCUT2D eigenvalue weighted by atomic mass is 10.2. The summed E-state index contributed by atoms with van der Waals surface area (Å²) < 4.78 is 44.0. The molecule has 0 saturated heterocycles. The van der Waals surface area contributed by atoms with Crippen molar-refractivity contribution in [2.24, 2.45) is 0 Å². The maximum atomic E-state index is 12.0. The van der Waals surface area contributed by atoms with E-state index in [-0.39, 0.29) is 17.7 Å². The van der Waals surface area contributed by atoms with Crippen molar-refractivity contribution in [2.75, 3.05) is 7.11 Å². The van der Waals surface area contributed by atoms with Gasteiger partial charge in [0.15, 0.2) is 5.75 Å². The van der Waals surface area contributed by atoms with Crippen LogP contribution in [0, 0.1) is 6.92 Å². The summed E-state index contributed by atoms with van der Waals surface area (Å²) in [6, 6.07) is 1.22. The fourth-order valence-electron chi connectivity index (χ4n) is 1.31. The van der Waals surface area contributed by atoms with Crippen LogP contribution in [0.3, 0.4) is 0 Å². The number of hydrogen-bond donors (Lipinski definition) is 1. The van der Waals surface area contributed by atoms with Crippen LogP contribution in [0.1, 0.15) is 11.3 Å². The SMILES string of the molecule is COC(=O)Cc1cc(C)c(OC(F)(F)F)c(=O)[nH]1. The van der Waals surface area contributed by atoms with Gasteiger partial charge in [-0.15, -0.1) is 13.2 Å². The molecule has 0 amide bonds. The van der Waals surface area contributed by atoms with Gasteiger partial charge in [-0.1, -0.05) is 0 Å². The lowest BCUT2D eigenvalue weighted by molar-refractivity contribution is -0.275. The maximum Gasteiger partial charge on any atom is 0.573 e. The van der Waals surface area contributed by atoms with Crippen molar-refractivity contribution in [1.29, 1.82) is 0 Å². The third kappa shape index (κ3) is 3.79. The number of H-pyrrole nitrogens is 1. The van der Waals surface area contributed by atoms with Crippen molar-refractivity contribution in [3.05, 3.63) is 27.7 Å². The molecule has 1 rings (SSSR count). The Morgan fingerprint density at radius 2 is 2.06 bits per heavy atom. The molecule has 1 aromatic rings. The Morgan fingerprint density at radius 1 is 1.44 bits per heavy atom. The largest absolute Gasteiger partial charge is 0.573 e. The van der Waals surface area contributed by atoms with Gasteiger partial charge in [-0.2, -0.15) is 0 Å². The van der Waals surface area contributed by atoms with Gasteiger partial charge in [0, 0.05) is 5.69 Å². The molecule has 0 aliphatic carbocycles. The number of aromatic amines is 1. The van der Waals surface area contributed by atoms with E-state index in [1.54, 1.807) is 0 Å². The molecule has 1 N–H and O–H groups in total. The van der Waals surface area contributed by atoms with E-state index in [0.29, 0.717) is 0 Å². The van der Waals surface area contributed by atoms with Crippen LogP contribution in [0.5, 0.6) is 5.75 Å². The van der Waals surface area contributed by atoms with E-state index in [1.165, 1.54) is 13.0 Å². The van der Waals surface area contributed by atoms with Gasteiger partial charge >= 0.3 is 12.3 Å². The van der Waals surface area contributed by atoms with E-state index < -0.39 is 23.6 Å². The highest BCUT2D eigenvalue weighted by molar-refractivity contribution is 5.71. The molecule has 1 aromatic heterocycles. The Morgan fingerprint density at radius 3 is 2.50 bits per heavy atom. The van der Waals surface area contributed by atoms with Gasteiger partial charge in [0.25, 0.3) is 5.56 Å². The predicted octanol–water partition coefficient (Wildman–Crippen LogP) is 1.30. The van der Waals surface area contributed by atoms with E-state index in [2.05, 4.69) is 14.5 Å². The van der Waals surface area contributed by atoms with E-state index in [9.17, 15) is 22.8 Å². The van der Waals surface area contributed by atoms with Crippen LogP contribution < -0.4 is 10.3 Å². The van der Waals surface area contributed by atoms with E-state index in [0.717, 1.165) is 7.11 Å². The normalized spacial score (nSPS) is 11.2. The van der Waals surface area contributed by atoms with E-state index >= 15 is 0 Å². The second-order valence-corrected chi connectivity index (χ2v) is 3.44. The van der Waals surface area contributed by atoms with Crippen LogP contribution in [0.25, 0.3) is 0 Å². The zero-order valence-electron chi connectivity index (χ0n) is 9.55. The molecule has 8 heteroatoms. The Bertz CT molecular complexity index is 507. The minimum atomic E-state index is -4.94. The molecule has 0 fully saturated rings. The molecule has 5 nitrogen and oxygen atoms in total. The number of pyridine rings is 1. The summed E-state index contributed by atoms with van der Waals surface area (Å²) in [4.78, 5) is 24.5. The fraction of sp³-hybridized carbons (Fsp3) is 0.400. The van der Waals surface area contributed by atoms with Crippen molar-refractivity contribution >= 4 is 5.97 Å². The van der Waals surface area contributed by atoms with Crippen LogP contribution in [-0.4, -0.2) is 24.4 Å². The van der Waals surface area contributed by atoms with Crippen molar-refractivity contribution in [3.63, 3.8) is 0 Å². The number of carbonyl (C=O) groups excluding carboxylic acids is 1. The van der Waals surface area contributed by atoms with Crippen LogP contribution >= 0.6 is 0 Å². The minimum absolute atomic E-state index is 0.0185. The second-order valence-electron chi connectivity index (χ2n) is 3.44. The predicted molar refractivity (Wildman–Crippen MR) is 54.2 cm³/mol.